The summed E-state index contributed by atoms with van der Waals surface area (Å²) in [6.07, 6.45) is 0. The number of azo groups is 1. The highest BCUT2D eigenvalue weighted by Crippen LogP contribution is 2.33. The smallest absolute Gasteiger partial charge is 0.115 e. The molecular weight excluding hydrogens is 250 g/mol. The highest BCUT2D eigenvalue weighted by molar-refractivity contribution is 5.99. The monoisotopic (exact) mass is 261 g/mol. The summed E-state index contributed by atoms with van der Waals surface area (Å²) in [6, 6.07) is 20.5. The van der Waals surface area contributed by atoms with Gasteiger partial charge in [0, 0.05) is 10.8 Å². The van der Waals surface area contributed by atoms with Crippen molar-refractivity contribution in [1.82, 2.24) is 0 Å². The number of hydrogen-bond donors (Lipinski definition) is 0. The number of nitroso groups, excluding NO2 is 1. The third kappa shape index (κ3) is 2.31. The van der Waals surface area contributed by atoms with Crippen LogP contribution in [-0.4, -0.2) is 0 Å². The van der Waals surface area contributed by atoms with Crippen LogP contribution >= 0.6 is 0 Å². The average molecular weight is 261 g/mol. The summed E-state index contributed by atoms with van der Waals surface area (Å²) in [5.74, 6) is 0. The van der Waals surface area contributed by atoms with Crippen LogP contribution in [0.25, 0.3) is 10.8 Å². The van der Waals surface area contributed by atoms with Gasteiger partial charge in [0.2, 0.25) is 0 Å². The van der Waals surface area contributed by atoms with Gasteiger partial charge in [-0.2, -0.15) is 5.11 Å². The van der Waals surface area contributed by atoms with Gasteiger partial charge in [-0.1, -0.05) is 42.5 Å². The van der Waals surface area contributed by atoms with Crippen molar-refractivity contribution in [3.05, 3.63) is 71.6 Å². The Balaban J connectivity index is 2.09. The molecule has 3 aromatic carbocycles. The van der Waals surface area contributed by atoms with E-state index >= 15 is 0 Å². The second-order valence-electron chi connectivity index (χ2n) is 4.28. The Kier molecular flexibility index (Phi) is 3.29. The number of rotatable bonds is 3. The highest BCUT2D eigenvalue weighted by atomic mass is 16.3. The highest BCUT2D eigenvalue weighted by Gasteiger charge is 2.05. The third-order valence-electron chi connectivity index (χ3n) is 3.01. The molecule has 0 spiro atoms. The first-order valence-corrected chi connectivity index (χ1v) is 6.20. The summed E-state index contributed by atoms with van der Waals surface area (Å²) in [6.45, 7) is 0. The Morgan fingerprint density at radius 2 is 1.20 bits per heavy atom. The van der Waals surface area contributed by atoms with Crippen molar-refractivity contribution < 1.29 is 0 Å². The van der Waals surface area contributed by atoms with Gasteiger partial charge in [0.1, 0.15) is 5.69 Å². The lowest BCUT2D eigenvalue weighted by atomic mass is 10.1. The fourth-order valence-electron chi connectivity index (χ4n) is 2.04. The van der Waals surface area contributed by atoms with E-state index in [9.17, 15) is 4.91 Å². The second kappa shape index (κ2) is 5.40. The fraction of sp³-hybridized carbons (Fsp3) is 0. The Morgan fingerprint density at radius 1 is 0.600 bits per heavy atom. The Bertz CT molecular complexity index is 782. The maximum absolute atomic E-state index is 10.8. The van der Waals surface area contributed by atoms with Crippen molar-refractivity contribution in [3.63, 3.8) is 0 Å². The molecule has 0 heterocycles. The maximum Gasteiger partial charge on any atom is 0.115 e. The molecule has 0 aliphatic carbocycles. The van der Waals surface area contributed by atoms with Gasteiger partial charge in [0.15, 0.2) is 0 Å². The van der Waals surface area contributed by atoms with Crippen LogP contribution in [0.4, 0.5) is 17.1 Å². The van der Waals surface area contributed by atoms with Gasteiger partial charge in [-0.3, -0.25) is 0 Å². The van der Waals surface area contributed by atoms with Crippen LogP contribution < -0.4 is 0 Å². The van der Waals surface area contributed by atoms with Crippen LogP contribution in [0.1, 0.15) is 0 Å². The van der Waals surface area contributed by atoms with E-state index in [1.807, 2.05) is 54.6 Å². The fourth-order valence-corrected chi connectivity index (χ4v) is 2.04. The van der Waals surface area contributed by atoms with Gasteiger partial charge < -0.3 is 0 Å². The van der Waals surface area contributed by atoms with Gasteiger partial charge in [-0.25, -0.2) is 0 Å². The molecule has 96 valence electrons. The third-order valence-corrected chi connectivity index (χ3v) is 3.01. The predicted octanol–water partition coefficient (Wildman–Crippen LogP) is 5.65. The molecule has 0 aromatic heterocycles. The lowest BCUT2D eigenvalue weighted by molar-refractivity contribution is 1.24. The first-order valence-electron chi connectivity index (χ1n) is 6.20. The molecule has 0 N–H and O–H groups in total. The van der Waals surface area contributed by atoms with E-state index in [-0.39, 0.29) is 0 Å². The van der Waals surface area contributed by atoms with Crippen molar-refractivity contribution in [2.75, 3.05) is 0 Å². The van der Waals surface area contributed by atoms with E-state index in [2.05, 4.69) is 15.4 Å². The van der Waals surface area contributed by atoms with E-state index in [0.717, 1.165) is 22.1 Å². The Hall–Kier alpha value is -2.88. The lowest BCUT2D eigenvalue weighted by Gasteiger charge is -2.02. The SMILES string of the molecule is O=Nc1ccc(/N=N/c2ccccc2)c2ccccc12. The van der Waals surface area contributed by atoms with Crippen LogP contribution in [0.2, 0.25) is 0 Å². The molecular formula is C16H11N3O. The zero-order valence-electron chi connectivity index (χ0n) is 10.6. The van der Waals surface area contributed by atoms with Crippen LogP contribution in [0, 0.1) is 4.91 Å². The van der Waals surface area contributed by atoms with Crippen molar-refractivity contribution >= 4 is 27.8 Å². The molecule has 0 atom stereocenters. The minimum absolute atomic E-state index is 0.416. The van der Waals surface area contributed by atoms with E-state index in [0.29, 0.717) is 5.69 Å². The molecule has 4 nitrogen and oxygen atoms in total. The molecule has 0 radical (unpaired) electrons. The number of fused-ring (bicyclic) bond motifs is 1. The van der Waals surface area contributed by atoms with Gasteiger partial charge in [-0.05, 0) is 29.4 Å². The summed E-state index contributed by atoms with van der Waals surface area (Å²) >= 11 is 0. The van der Waals surface area contributed by atoms with E-state index < -0.39 is 0 Å². The topological polar surface area (TPSA) is 54.1 Å². The lowest BCUT2D eigenvalue weighted by Crippen LogP contribution is -1.74. The van der Waals surface area contributed by atoms with Crippen molar-refractivity contribution in [2.45, 2.75) is 0 Å². The minimum atomic E-state index is 0.416. The summed E-state index contributed by atoms with van der Waals surface area (Å²) in [4.78, 5) is 10.8. The Labute approximate surface area is 115 Å². The van der Waals surface area contributed by atoms with E-state index in [4.69, 9.17) is 0 Å². The summed E-state index contributed by atoms with van der Waals surface area (Å²) in [5.41, 5.74) is 1.92. The summed E-state index contributed by atoms with van der Waals surface area (Å²) < 4.78 is 0. The molecule has 0 amide bonds. The number of benzene rings is 3. The molecule has 3 aromatic rings. The number of hydrogen-bond acceptors (Lipinski definition) is 4. The molecule has 0 saturated carbocycles. The first kappa shape index (κ1) is 12.2. The van der Waals surface area contributed by atoms with Gasteiger partial charge in [0.25, 0.3) is 0 Å². The average Bonchev–Trinajstić information content (AvgIpc) is 2.53. The quantitative estimate of drug-likeness (QED) is 0.443. The zero-order valence-corrected chi connectivity index (χ0v) is 10.6. The van der Waals surface area contributed by atoms with E-state index in [1.165, 1.54) is 0 Å². The van der Waals surface area contributed by atoms with Crippen LogP contribution in [0.5, 0.6) is 0 Å². The molecule has 0 unspecified atom stereocenters. The van der Waals surface area contributed by atoms with Crippen LogP contribution in [0.3, 0.4) is 0 Å². The molecule has 0 saturated heterocycles. The van der Waals surface area contributed by atoms with Crippen molar-refractivity contribution in [3.8, 4) is 0 Å². The van der Waals surface area contributed by atoms with Crippen molar-refractivity contribution in [1.29, 1.82) is 0 Å². The minimum Gasteiger partial charge on any atom is -0.151 e. The molecule has 0 aliphatic rings. The van der Waals surface area contributed by atoms with Gasteiger partial charge in [-0.15, -0.1) is 10.0 Å². The van der Waals surface area contributed by atoms with Crippen LogP contribution in [0.15, 0.2) is 82.1 Å². The summed E-state index contributed by atoms with van der Waals surface area (Å²) in [7, 11) is 0. The standard InChI is InChI=1S/C16H11N3O/c20-19-16-11-10-15(13-8-4-5-9-14(13)16)18-17-12-6-2-1-3-7-12/h1-11H/b18-17+. The molecule has 4 heteroatoms. The van der Waals surface area contributed by atoms with Crippen molar-refractivity contribution in [2.24, 2.45) is 15.4 Å². The first-order chi connectivity index (χ1) is 9.88. The van der Waals surface area contributed by atoms with Gasteiger partial charge in [0.05, 0.1) is 11.4 Å². The molecule has 3 rings (SSSR count). The van der Waals surface area contributed by atoms with Gasteiger partial charge >= 0.3 is 0 Å². The largest absolute Gasteiger partial charge is 0.151 e. The van der Waals surface area contributed by atoms with E-state index in [1.54, 1.807) is 12.1 Å². The Morgan fingerprint density at radius 3 is 1.90 bits per heavy atom. The molecule has 0 fully saturated rings. The summed E-state index contributed by atoms with van der Waals surface area (Å²) in [5, 5.41) is 13.1. The van der Waals surface area contributed by atoms with Crippen LogP contribution in [-0.2, 0) is 0 Å². The normalized spacial score (nSPS) is 11.0. The molecule has 0 aliphatic heterocycles. The maximum atomic E-state index is 10.8. The molecule has 0 bridgehead atoms. The molecule has 20 heavy (non-hydrogen) atoms. The number of nitrogens with zero attached hydrogens (tertiary/aromatic N) is 3. The second-order valence-corrected chi connectivity index (χ2v) is 4.28. The predicted molar refractivity (Wildman–Crippen MR) is 80.0 cm³/mol. The zero-order chi connectivity index (χ0) is 13.8.